The van der Waals surface area contributed by atoms with Gasteiger partial charge < -0.3 is 10.4 Å². The molecule has 2 N–H and O–H groups in total. The molecule has 0 unspecified atom stereocenters. The molecule has 0 saturated carbocycles. The average molecular weight is 268 g/mol. The third kappa shape index (κ3) is 3.08. The SMILES string of the molecule is Cc1sc(C(=O)O)cc1CN1CCNC(=O)CC1. The molecule has 0 spiro atoms. The number of amides is 1. The molecule has 1 fully saturated rings. The monoisotopic (exact) mass is 268 g/mol. The van der Waals surface area contributed by atoms with Gasteiger partial charge in [-0.05, 0) is 18.6 Å². The minimum Gasteiger partial charge on any atom is -0.477 e. The van der Waals surface area contributed by atoms with Gasteiger partial charge in [0, 0.05) is 37.5 Å². The number of carbonyl (C=O) groups excluding carboxylic acids is 1. The van der Waals surface area contributed by atoms with Crippen LogP contribution in [-0.4, -0.2) is 41.5 Å². The second kappa shape index (κ2) is 5.49. The molecule has 1 aromatic heterocycles. The molecule has 1 aliphatic heterocycles. The smallest absolute Gasteiger partial charge is 0.345 e. The minimum absolute atomic E-state index is 0.0887. The van der Waals surface area contributed by atoms with Gasteiger partial charge in [-0.25, -0.2) is 4.79 Å². The number of thiophene rings is 1. The summed E-state index contributed by atoms with van der Waals surface area (Å²) in [5, 5.41) is 11.8. The molecule has 1 aromatic rings. The third-order valence-electron chi connectivity index (χ3n) is 3.03. The number of carbonyl (C=O) groups is 2. The summed E-state index contributed by atoms with van der Waals surface area (Å²) in [4.78, 5) is 25.7. The Morgan fingerprint density at radius 3 is 3.00 bits per heavy atom. The standard InChI is InChI=1S/C12H16N2O3S/c1-8-9(6-10(18-8)12(16)17)7-14-4-2-11(15)13-3-5-14/h6H,2-5,7H2,1H3,(H,13,15)(H,16,17). The van der Waals surface area contributed by atoms with Gasteiger partial charge in [0.15, 0.2) is 0 Å². The molecule has 98 valence electrons. The number of aryl methyl sites for hydroxylation is 1. The fourth-order valence-electron chi connectivity index (χ4n) is 1.99. The molecule has 18 heavy (non-hydrogen) atoms. The average Bonchev–Trinajstić information content (AvgIpc) is 2.54. The van der Waals surface area contributed by atoms with Crippen LogP contribution >= 0.6 is 11.3 Å². The van der Waals surface area contributed by atoms with E-state index in [-0.39, 0.29) is 5.91 Å². The second-order valence-electron chi connectivity index (χ2n) is 4.37. The van der Waals surface area contributed by atoms with Crippen LogP contribution in [0.5, 0.6) is 0 Å². The highest BCUT2D eigenvalue weighted by molar-refractivity contribution is 7.14. The number of rotatable bonds is 3. The molecule has 0 aromatic carbocycles. The van der Waals surface area contributed by atoms with E-state index in [0.717, 1.165) is 23.5 Å². The summed E-state index contributed by atoms with van der Waals surface area (Å²) < 4.78 is 0. The number of aromatic carboxylic acids is 1. The number of hydrogen-bond acceptors (Lipinski definition) is 4. The summed E-state index contributed by atoms with van der Waals surface area (Å²) in [7, 11) is 0. The van der Waals surface area contributed by atoms with E-state index in [1.165, 1.54) is 11.3 Å². The number of nitrogens with one attached hydrogen (secondary N) is 1. The van der Waals surface area contributed by atoms with Gasteiger partial charge in [0.25, 0.3) is 0 Å². The molecule has 1 saturated heterocycles. The van der Waals surface area contributed by atoms with Gasteiger partial charge >= 0.3 is 5.97 Å². The third-order valence-corrected chi connectivity index (χ3v) is 4.11. The highest BCUT2D eigenvalue weighted by Gasteiger charge is 2.17. The number of hydrogen-bond donors (Lipinski definition) is 2. The Balaban J connectivity index is 2.04. The van der Waals surface area contributed by atoms with Crippen LogP contribution in [0.1, 0.15) is 26.5 Å². The molecule has 0 aliphatic carbocycles. The molecule has 2 heterocycles. The zero-order valence-corrected chi connectivity index (χ0v) is 11.0. The maximum absolute atomic E-state index is 11.2. The summed E-state index contributed by atoms with van der Waals surface area (Å²) in [6.45, 7) is 4.85. The van der Waals surface area contributed by atoms with E-state index in [9.17, 15) is 9.59 Å². The van der Waals surface area contributed by atoms with E-state index in [1.54, 1.807) is 6.07 Å². The van der Waals surface area contributed by atoms with Crippen molar-refractivity contribution in [3.8, 4) is 0 Å². The first-order chi connectivity index (χ1) is 8.56. The lowest BCUT2D eigenvalue weighted by atomic mass is 10.2. The van der Waals surface area contributed by atoms with Crippen molar-refractivity contribution < 1.29 is 14.7 Å². The Kier molecular flexibility index (Phi) is 3.98. The number of carboxylic acid groups (broad SMARTS) is 1. The van der Waals surface area contributed by atoms with E-state index in [2.05, 4.69) is 10.2 Å². The van der Waals surface area contributed by atoms with Gasteiger partial charge in [0.1, 0.15) is 4.88 Å². The fourth-order valence-corrected chi connectivity index (χ4v) is 2.87. The molecule has 0 atom stereocenters. The molecule has 1 aliphatic rings. The van der Waals surface area contributed by atoms with Crippen LogP contribution in [0.3, 0.4) is 0 Å². The Hall–Kier alpha value is -1.40. The van der Waals surface area contributed by atoms with Crippen molar-refractivity contribution in [1.82, 2.24) is 10.2 Å². The van der Waals surface area contributed by atoms with Crippen LogP contribution in [-0.2, 0) is 11.3 Å². The largest absolute Gasteiger partial charge is 0.477 e. The highest BCUT2D eigenvalue weighted by Crippen LogP contribution is 2.23. The predicted molar refractivity (Wildman–Crippen MR) is 68.9 cm³/mol. The molecule has 0 radical (unpaired) electrons. The minimum atomic E-state index is -0.873. The second-order valence-corrected chi connectivity index (χ2v) is 5.63. The fraction of sp³-hybridized carbons (Fsp3) is 0.500. The summed E-state index contributed by atoms with van der Waals surface area (Å²) in [6, 6.07) is 1.74. The number of carboxylic acids is 1. The molecule has 0 bridgehead atoms. The first kappa shape index (κ1) is 13.0. The highest BCUT2D eigenvalue weighted by atomic mass is 32.1. The lowest BCUT2D eigenvalue weighted by Gasteiger charge is -2.18. The van der Waals surface area contributed by atoms with Gasteiger partial charge in [-0.15, -0.1) is 11.3 Å². The number of nitrogens with zero attached hydrogens (tertiary/aromatic N) is 1. The first-order valence-electron chi connectivity index (χ1n) is 5.88. The van der Waals surface area contributed by atoms with E-state index in [1.807, 2.05) is 6.92 Å². The maximum Gasteiger partial charge on any atom is 0.345 e. The van der Waals surface area contributed by atoms with Crippen molar-refractivity contribution in [1.29, 1.82) is 0 Å². The van der Waals surface area contributed by atoms with Crippen molar-refractivity contribution in [2.75, 3.05) is 19.6 Å². The van der Waals surface area contributed by atoms with Crippen molar-refractivity contribution in [2.24, 2.45) is 0 Å². The summed E-state index contributed by atoms with van der Waals surface area (Å²) in [5.74, 6) is -0.784. The zero-order chi connectivity index (χ0) is 13.1. The van der Waals surface area contributed by atoms with E-state index in [0.29, 0.717) is 24.4 Å². The van der Waals surface area contributed by atoms with Crippen LogP contribution in [0.4, 0.5) is 0 Å². The molecule has 6 heteroatoms. The van der Waals surface area contributed by atoms with Crippen molar-refractivity contribution in [3.05, 3.63) is 21.4 Å². The molecule has 1 amide bonds. The van der Waals surface area contributed by atoms with Gasteiger partial charge in [0.05, 0.1) is 0 Å². The normalized spacial score (nSPS) is 17.3. The van der Waals surface area contributed by atoms with Crippen LogP contribution in [0, 0.1) is 6.92 Å². The topological polar surface area (TPSA) is 69.6 Å². The van der Waals surface area contributed by atoms with E-state index < -0.39 is 5.97 Å². The van der Waals surface area contributed by atoms with Crippen LogP contribution in [0.15, 0.2) is 6.07 Å². The van der Waals surface area contributed by atoms with Gasteiger partial charge in [0.2, 0.25) is 5.91 Å². The Bertz CT molecular complexity index is 470. The van der Waals surface area contributed by atoms with Crippen LogP contribution in [0.2, 0.25) is 0 Å². The quantitative estimate of drug-likeness (QED) is 0.860. The lowest BCUT2D eigenvalue weighted by molar-refractivity contribution is -0.120. The van der Waals surface area contributed by atoms with Crippen LogP contribution in [0.25, 0.3) is 0 Å². The van der Waals surface area contributed by atoms with E-state index in [4.69, 9.17) is 5.11 Å². The summed E-state index contributed by atoms with van der Waals surface area (Å²) in [6.07, 6.45) is 0.509. The van der Waals surface area contributed by atoms with E-state index >= 15 is 0 Å². The van der Waals surface area contributed by atoms with Gasteiger partial charge in [-0.3, -0.25) is 9.69 Å². The van der Waals surface area contributed by atoms with Gasteiger partial charge in [-0.1, -0.05) is 0 Å². The van der Waals surface area contributed by atoms with Crippen molar-refractivity contribution in [3.63, 3.8) is 0 Å². The Labute approximate surface area is 109 Å². The molecule has 5 nitrogen and oxygen atoms in total. The molecular formula is C12H16N2O3S. The van der Waals surface area contributed by atoms with Crippen LogP contribution < -0.4 is 5.32 Å². The molecule has 2 rings (SSSR count). The zero-order valence-electron chi connectivity index (χ0n) is 10.2. The van der Waals surface area contributed by atoms with Crippen molar-refractivity contribution >= 4 is 23.2 Å². The predicted octanol–water partition coefficient (Wildman–Crippen LogP) is 1.08. The summed E-state index contributed by atoms with van der Waals surface area (Å²) in [5.41, 5.74) is 1.05. The Morgan fingerprint density at radius 1 is 1.56 bits per heavy atom. The van der Waals surface area contributed by atoms with Gasteiger partial charge in [-0.2, -0.15) is 0 Å². The lowest BCUT2D eigenvalue weighted by Crippen LogP contribution is -2.28. The summed E-state index contributed by atoms with van der Waals surface area (Å²) >= 11 is 1.31. The maximum atomic E-state index is 11.2. The Morgan fingerprint density at radius 2 is 2.33 bits per heavy atom. The first-order valence-corrected chi connectivity index (χ1v) is 6.69. The van der Waals surface area contributed by atoms with Crippen molar-refractivity contribution in [2.45, 2.75) is 19.9 Å². The molecular weight excluding hydrogens is 252 g/mol.